The Morgan fingerprint density at radius 2 is 1.84 bits per heavy atom. The van der Waals surface area contributed by atoms with E-state index in [9.17, 15) is 13.2 Å². The quantitative estimate of drug-likeness (QED) is 0.784. The first kappa shape index (κ1) is 13.4. The topological polar surface area (TPSA) is 73.6 Å². The summed E-state index contributed by atoms with van der Waals surface area (Å²) in [4.78, 5) is 10.6. The number of methoxy groups -OCH3 is 1. The Morgan fingerprint density at radius 3 is 2.37 bits per heavy atom. The standard InChI is InChI=1S/C13H12O5S/c1-17-10-4-6-13(7-5-10)19(15,16)9-12-3-2-11(8-14)18-12/h2-8H,9H2,1H3. The number of aldehydes is 1. The number of sulfone groups is 1. The Bertz CT molecular complexity index is 667. The number of furan rings is 1. The first-order chi connectivity index (χ1) is 9.05. The van der Waals surface area contributed by atoms with E-state index < -0.39 is 9.84 Å². The average molecular weight is 280 g/mol. The van der Waals surface area contributed by atoms with Crippen LogP contribution >= 0.6 is 0 Å². The highest BCUT2D eigenvalue weighted by molar-refractivity contribution is 7.90. The van der Waals surface area contributed by atoms with Crippen LogP contribution in [-0.4, -0.2) is 21.8 Å². The maximum atomic E-state index is 12.1. The SMILES string of the molecule is COc1ccc(S(=O)(=O)Cc2ccc(C=O)o2)cc1. The Labute approximate surface area is 110 Å². The summed E-state index contributed by atoms with van der Waals surface area (Å²) in [5.74, 6) is 0.644. The van der Waals surface area contributed by atoms with Crippen molar-refractivity contribution in [3.63, 3.8) is 0 Å². The van der Waals surface area contributed by atoms with Crippen LogP contribution in [0.25, 0.3) is 0 Å². The molecule has 6 heteroatoms. The van der Waals surface area contributed by atoms with Gasteiger partial charge in [-0.1, -0.05) is 0 Å². The molecule has 5 nitrogen and oxygen atoms in total. The van der Waals surface area contributed by atoms with E-state index >= 15 is 0 Å². The Balaban J connectivity index is 2.23. The van der Waals surface area contributed by atoms with Crippen LogP contribution in [0.15, 0.2) is 45.7 Å². The molecule has 0 N–H and O–H groups in total. The van der Waals surface area contributed by atoms with Crippen molar-refractivity contribution < 1.29 is 22.4 Å². The Morgan fingerprint density at radius 1 is 1.16 bits per heavy atom. The van der Waals surface area contributed by atoms with Crippen molar-refractivity contribution in [3.05, 3.63) is 47.9 Å². The zero-order valence-corrected chi connectivity index (χ0v) is 11.0. The molecule has 0 radical (unpaired) electrons. The van der Waals surface area contributed by atoms with Gasteiger partial charge < -0.3 is 9.15 Å². The molecule has 0 bridgehead atoms. The molecule has 0 amide bonds. The van der Waals surface area contributed by atoms with Gasteiger partial charge in [-0.25, -0.2) is 8.42 Å². The van der Waals surface area contributed by atoms with Crippen molar-refractivity contribution in [1.82, 2.24) is 0 Å². The van der Waals surface area contributed by atoms with E-state index in [-0.39, 0.29) is 22.2 Å². The lowest BCUT2D eigenvalue weighted by molar-refractivity contribution is 0.109. The molecule has 0 unspecified atom stereocenters. The molecule has 1 aromatic heterocycles. The lowest BCUT2D eigenvalue weighted by Gasteiger charge is -2.04. The summed E-state index contributed by atoms with van der Waals surface area (Å²) in [5, 5.41) is 0. The third-order valence-electron chi connectivity index (χ3n) is 2.55. The van der Waals surface area contributed by atoms with Gasteiger partial charge in [-0.2, -0.15) is 0 Å². The van der Waals surface area contributed by atoms with E-state index in [0.29, 0.717) is 12.0 Å². The van der Waals surface area contributed by atoms with Gasteiger partial charge in [0, 0.05) is 0 Å². The van der Waals surface area contributed by atoms with Gasteiger partial charge in [0.2, 0.25) is 0 Å². The van der Waals surface area contributed by atoms with Gasteiger partial charge >= 0.3 is 0 Å². The van der Waals surface area contributed by atoms with Crippen LogP contribution in [0.3, 0.4) is 0 Å². The van der Waals surface area contributed by atoms with Crippen LogP contribution < -0.4 is 4.74 Å². The summed E-state index contributed by atoms with van der Waals surface area (Å²) in [7, 11) is -1.99. The van der Waals surface area contributed by atoms with Crippen molar-refractivity contribution >= 4 is 16.1 Å². The smallest absolute Gasteiger partial charge is 0.185 e. The minimum absolute atomic E-state index is 0.111. The fourth-order valence-electron chi connectivity index (χ4n) is 1.59. The highest BCUT2D eigenvalue weighted by Crippen LogP contribution is 2.20. The number of hydrogen-bond acceptors (Lipinski definition) is 5. The van der Waals surface area contributed by atoms with E-state index in [1.165, 1.54) is 31.4 Å². The lowest BCUT2D eigenvalue weighted by atomic mass is 10.3. The van der Waals surface area contributed by atoms with E-state index in [2.05, 4.69) is 0 Å². The number of rotatable bonds is 5. The first-order valence-electron chi connectivity index (χ1n) is 5.46. The number of carbonyl (C=O) groups is 1. The molecule has 2 aromatic rings. The van der Waals surface area contributed by atoms with E-state index in [4.69, 9.17) is 9.15 Å². The highest BCUT2D eigenvalue weighted by Gasteiger charge is 2.17. The van der Waals surface area contributed by atoms with Gasteiger partial charge in [-0.15, -0.1) is 0 Å². The van der Waals surface area contributed by atoms with Crippen LogP contribution in [0.4, 0.5) is 0 Å². The Kier molecular flexibility index (Phi) is 3.71. The fourth-order valence-corrected chi connectivity index (χ4v) is 2.84. The van der Waals surface area contributed by atoms with Crippen molar-refractivity contribution in [2.45, 2.75) is 10.6 Å². The van der Waals surface area contributed by atoms with Gasteiger partial charge in [0.25, 0.3) is 0 Å². The summed E-state index contributed by atoms with van der Waals surface area (Å²) >= 11 is 0. The third-order valence-corrected chi connectivity index (χ3v) is 4.20. The lowest BCUT2D eigenvalue weighted by Crippen LogP contribution is -2.04. The molecule has 0 spiro atoms. The van der Waals surface area contributed by atoms with E-state index in [0.717, 1.165) is 0 Å². The summed E-state index contributed by atoms with van der Waals surface area (Å²) < 4.78 is 34.2. The molecule has 0 atom stereocenters. The van der Waals surface area contributed by atoms with Gasteiger partial charge in [0.15, 0.2) is 21.9 Å². The molecule has 0 saturated heterocycles. The molecule has 100 valence electrons. The van der Waals surface area contributed by atoms with Crippen LogP contribution in [-0.2, 0) is 15.6 Å². The van der Waals surface area contributed by atoms with Crippen LogP contribution in [0.1, 0.15) is 16.3 Å². The zero-order valence-electron chi connectivity index (χ0n) is 10.2. The van der Waals surface area contributed by atoms with Crippen molar-refractivity contribution in [2.24, 2.45) is 0 Å². The molecule has 19 heavy (non-hydrogen) atoms. The number of benzene rings is 1. The highest BCUT2D eigenvalue weighted by atomic mass is 32.2. The molecule has 2 rings (SSSR count). The second kappa shape index (κ2) is 5.27. The minimum atomic E-state index is -3.50. The molecule has 0 aliphatic carbocycles. The molecule has 1 heterocycles. The molecule has 0 aliphatic heterocycles. The summed E-state index contributed by atoms with van der Waals surface area (Å²) in [6, 6.07) is 9.00. The third kappa shape index (κ3) is 3.03. The molecule has 1 aromatic carbocycles. The maximum absolute atomic E-state index is 12.1. The van der Waals surface area contributed by atoms with Crippen molar-refractivity contribution in [1.29, 1.82) is 0 Å². The monoisotopic (exact) mass is 280 g/mol. The molecule has 0 aliphatic rings. The van der Waals surface area contributed by atoms with E-state index in [1.807, 2.05) is 0 Å². The van der Waals surface area contributed by atoms with E-state index in [1.54, 1.807) is 12.1 Å². The molecular formula is C13H12O5S. The second-order valence-electron chi connectivity index (χ2n) is 3.86. The van der Waals surface area contributed by atoms with Crippen LogP contribution in [0, 0.1) is 0 Å². The summed E-state index contributed by atoms with van der Waals surface area (Å²) in [5.41, 5.74) is 0. The van der Waals surface area contributed by atoms with Crippen molar-refractivity contribution in [2.75, 3.05) is 7.11 Å². The summed E-state index contributed by atoms with van der Waals surface area (Å²) in [6.07, 6.45) is 0.531. The molecule has 0 fully saturated rings. The molecular weight excluding hydrogens is 268 g/mol. The van der Waals surface area contributed by atoms with Gasteiger partial charge in [-0.3, -0.25) is 4.79 Å². The van der Waals surface area contributed by atoms with Crippen molar-refractivity contribution in [3.8, 4) is 5.75 Å². The normalized spacial score (nSPS) is 11.2. The largest absolute Gasteiger partial charge is 0.497 e. The Hall–Kier alpha value is -2.08. The van der Waals surface area contributed by atoms with Crippen LogP contribution in [0.2, 0.25) is 0 Å². The number of carbonyl (C=O) groups excluding carboxylic acids is 1. The second-order valence-corrected chi connectivity index (χ2v) is 5.85. The maximum Gasteiger partial charge on any atom is 0.185 e. The number of hydrogen-bond donors (Lipinski definition) is 0. The molecule has 0 saturated carbocycles. The summed E-state index contributed by atoms with van der Waals surface area (Å²) in [6.45, 7) is 0. The first-order valence-corrected chi connectivity index (χ1v) is 7.11. The van der Waals surface area contributed by atoms with Gasteiger partial charge in [-0.05, 0) is 36.4 Å². The minimum Gasteiger partial charge on any atom is -0.497 e. The zero-order chi connectivity index (χ0) is 13.9. The van der Waals surface area contributed by atoms with Gasteiger partial charge in [0.1, 0.15) is 17.3 Å². The van der Waals surface area contributed by atoms with Gasteiger partial charge in [0.05, 0.1) is 12.0 Å². The predicted octanol–water partition coefficient (Wildman–Crippen LogP) is 2.07. The average Bonchev–Trinajstić information content (AvgIpc) is 2.85. The fraction of sp³-hybridized carbons (Fsp3) is 0.154. The predicted molar refractivity (Wildman–Crippen MR) is 68.0 cm³/mol. The number of ether oxygens (including phenoxy) is 1. The van der Waals surface area contributed by atoms with Crippen LogP contribution in [0.5, 0.6) is 5.75 Å².